The molecule has 20 heavy (non-hydrogen) atoms. The summed E-state index contributed by atoms with van der Waals surface area (Å²) in [6.07, 6.45) is 0.665. The third-order valence-corrected chi connectivity index (χ3v) is 3.21. The van der Waals surface area contributed by atoms with Crippen molar-refractivity contribution in [3.8, 4) is 0 Å². The highest BCUT2D eigenvalue weighted by Gasteiger charge is 2.13. The molecule has 0 unspecified atom stereocenters. The van der Waals surface area contributed by atoms with Crippen molar-refractivity contribution in [2.45, 2.75) is 19.9 Å². The maximum atomic E-state index is 14.1. The molecule has 4 heteroatoms. The second-order valence-corrected chi connectivity index (χ2v) is 4.91. The third kappa shape index (κ3) is 3.33. The minimum atomic E-state index is -0.217. The van der Waals surface area contributed by atoms with E-state index in [1.807, 2.05) is 43.1 Å². The molecule has 1 aromatic heterocycles. The van der Waals surface area contributed by atoms with Crippen molar-refractivity contribution in [1.82, 2.24) is 4.98 Å². The van der Waals surface area contributed by atoms with E-state index < -0.39 is 0 Å². The summed E-state index contributed by atoms with van der Waals surface area (Å²) in [4.78, 5) is 6.35. The SMILES string of the molecule is Cc1cccc(CN(C)c2c(F)cccc2CCN)n1. The van der Waals surface area contributed by atoms with Crippen LogP contribution in [0.4, 0.5) is 10.1 Å². The number of pyridine rings is 1. The van der Waals surface area contributed by atoms with Gasteiger partial charge in [0, 0.05) is 12.7 Å². The Morgan fingerprint density at radius 2 is 1.95 bits per heavy atom. The third-order valence-electron chi connectivity index (χ3n) is 3.21. The van der Waals surface area contributed by atoms with E-state index in [1.165, 1.54) is 6.07 Å². The number of para-hydroxylation sites is 1. The lowest BCUT2D eigenvalue weighted by Crippen LogP contribution is -2.21. The first-order valence-electron chi connectivity index (χ1n) is 6.73. The number of anilines is 1. The molecule has 0 aliphatic rings. The number of nitrogens with two attached hydrogens (primary N) is 1. The number of hydrogen-bond donors (Lipinski definition) is 1. The second-order valence-electron chi connectivity index (χ2n) is 4.91. The standard InChI is InChI=1S/C16H20FN3/c1-12-5-3-7-14(19-12)11-20(2)16-13(9-10-18)6-4-8-15(16)17/h3-8H,9-11,18H2,1-2H3. The first kappa shape index (κ1) is 14.5. The van der Waals surface area contributed by atoms with Crippen molar-refractivity contribution >= 4 is 5.69 Å². The van der Waals surface area contributed by atoms with Crippen LogP contribution in [0.3, 0.4) is 0 Å². The summed E-state index contributed by atoms with van der Waals surface area (Å²) in [6, 6.07) is 11.0. The Morgan fingerprint density at radius 3 is 2.65 bits per heavy atom. The number of aryl methyl sites for hydroxylation is 1. The molecule has 0 aliphatic heterocycles. The molecule has 0 fully saturated rings. The van der Waals surface area contributed by atoms with Gasteiger partial charge in [0.2, 0.25) is 0 Å². The van der Waals surface area contributed by atoms with Crippen molar-refractivity contribution in [3.63, 3.8) is 0 Å². The summed E-state index contributed by atoms with van der Waals surface area (Å²) < 4.78 is 14.1. The normalized spacial score (nSPS) is 10.6. The largest absolute Gasteiger partial charge is 0.366 e. The number of rotatable bonds is 5. The van der Waals surface area contributed by atoms with Crippen molar-refractivity contribution < 1.29 is 4.39 Å². The fraction of sp³-hybridized carbons (Fsp3) is 0.312. The van der Waals surface area contributed by atoms with Crippen LogP contribution in [0.5, 0.6) is 0 Å². The molecule has 0 saturated carbocycles. The number of aromatic nitrogens is 1. The molecule has 0 spiro atoms. The van der Waals surface area contributed by atoms with Gasteiger partial charge < -0.3 is 10.6 Å². The molecule has 106 valence electrons. The zero-order chi connectivity index (χ0) is 14.5. The predicted octanol–water partition coefficient (Wildman–Crippen LogP) is 2.67. The van der Waals surface area contributed by atoms with Gasteiger partial charge >= 0.3 is 0 Å². The zero-order valence-corrected chi connectivity index (χ0v) is 11.9. The van der Waals surface area contributed by atoms with E-state index in [0.29, 0.717) is 25.2 Å². The quantitative estimate of drug-likeness (QED) is 0.910. The van der Waals surface area contributed by atoms with Crippen LogP contribution in [0.2, 0.25) is 0 Å². The second kappa shape index (κ2) is 6.48. The molecule has 0 saturated heterocycles. The van der Waals surface area contributed by atoms with Gasteiger partial charge in [0.15, 0.2) is 0 Å². The maximum Gasteiger partial charge on any atom is 0.146 e. The molecule has 0 radical (unpaired) electrons. The number of halogens is 1. The van der Waals surface area contributed by atoms with Gasteiger partial charge in [-0.2, -0.15) is 0 Å². The van der Waals surface area contributed by atoms with Gasteiger partial charge in [0.05, 0.1) is 17.9 Å². The van der Waals surface area contributed by atoms with Crippen LogP contribution in [-0.2, 0) is 13.0 Å². The molecule has 1 heterocycles. The monoisotopic (exact) mass is 273 g/mol. The minimum Gasteiger partial charge on any atom is -0.366 e. The number of benzene rings is 1. The fourth-order valence-electron chi connectivity index (χ4n) is 2.35. The van der Waals surface area contributed by atoms with E-state index in [4.69, 9.17) is 5.73 Å². The highest BCUT2D eigenvalue weighted by atomic mass is 19.1. The summed E-state index contributed by atoms with van der Waals surface area (Å²) in [5, 5.41) is 0. The fourth-order valence-corrected chi connectivity index (χ4v) is 2.35. The highest BCUT2D eigenvalue weighted by Crippen LogP contribution is 2.25. The Balaban J connectivity index is 2.26. The smallest absolute Gasteiger partial charge is 0.146 e. The molecular formula is C16H20FN3. The maximum absolute atomic E-state index is 14.1. The van der Waals surface area contributed by atoms with Crippen LogP contribution in [0.25, 0.3) is 0 Å². The van der Waals surface area contributed by atoms with Gasteiger partial charge in [-0.05, 0) is 43.7 Å². The van der Waals surface area contributed by atoms with Crippen LogP contribution in [0, 0.1) is 12.7 Å². The van der Waals surface area contributed by atoms with Crippen molar-refractivity contribution in [1.29, 1.82) is 0 Å². The van der Waals surface area contributed by atoms with Gasteiger partial charge in [0.1, 0.15) is 5.82 Å². The van der Waals surface area contributed by atoms with E-state index in [-0.39, 0.29) is 5.82 Å². The van der Waals surface area contributed by atoms with Gasteiger partial charge in [-0.1, -0.05) is 18.2 Å². The molecule has 0 aliphatic carbocycles. The molecule has 0 amide bonds. The van der Waals surface area contributed by atoms with E-state index in [9.17, 15) is 4.39 Å². The van der Waals surface area contributed by atoms with Gasteiger partial charge in [-0.3, -0.25) is 4.98 Å². The summed E-state index contributed by atoms with van der Waals surface area (Å²) in [6.45, 7) is 3.03. The molecule has 2 N–H and O–H groups in total. The summed E-state index contributed by atoms with van der Waals surface area (Å²) in [7, 11) is 1.88. The van der Waals surface area contributed by atoms with E-state index in [2.05, 4.69) is 4.98 Å². The first-order valence-corrected chi connectivity index (χ1v) is 6.73. The van der Waals surface area contributed by atoms with E-state index in [0.717, 1.165) is 17.0 Å². The average Bonchev–Trinajstić information content (AvgIpc) is 2.39. The lowest BCUT2D eigenvalue weighted by molar-refractivity contribution is 0.618. The Kier molecular flexibility index (Phi) is 4.69. The van der Waals surface area contributed by atoms with E-state index in [1.54, 1.807) is 6.07 Å². The van der Waals surface area contributed by atoms with Crippen LogP contribution >= 0.6 is 0 Å². The predicted molar refractivity (Wildman–Crippen MR) is 80.2 cm³/mol. The van der Waals surface area contributed by atoms with Gasteiger partial charge in [0.25, 0.3) is 0 Å². The van der Waals surface area contributed by atoms with Gasteiger partial charge in [-0.25, -0.2) is 4.39 Å². The average molecular weight is 273 g/mol. The Morgan fingerprint density at radius 1 is 1.20 bits per heavy atom. The highest BCUT2D eigenvalue weighted by molar-refractivity contribution is 5.54. The van der Waals surface area contributed by atoms with Crippen LogP contribution in [-0.4, -0.2) is 18.6 Å². The number of nitrogens with zero attached hydrogens (tertiary/aromatic N) is 2. The molecule has 3 nitrogen and oxygen atoms in total. The van der Waals surface area contributed by atoms with Crippen molar-refractivity contribution in [2.24, 2.45) is 5.73 Å². The van der Waals surface area contributed by atoms with Crippen molar-refractivity contribution in [2.75, 3.05) is 18.5 Å². The summed E-state index contributed by atoms with van der Waals surface area (Å²) >= 11 is 0. The molecule has 0 bridgehead atoms. The van der Waals surface area contributed by atoms with Gasteiger partial charge in [-0.15, -0.1) is 0 Å². The molecule has 0 atom stereocenters. The zero-order valence-electron chi connectivity index (χ0n) is 11.9. The Hall–Kier alpha value is -1.94. The van der Waals surface area contributed by atoms with Crippen molar-refractivity contribution in [3.05, 3.63) is 59.2 Å². The first-order chi connectivity index (χ1) is 9.61. The molecule has 2 rings (SSSR count). The summed E-state index contributed by atoms with van der Waals surface area (Å²) in [5.74, 6) is -0.217. The topological polar surface area (TPSA) is 42.1 Å². The minimum absolute atomic E-state index is 0.217. The number of hydrogen-bond acceptors (Lipinski definition) is 3. The molecule has 2 aromatic rings. The summed E-state index contributed by atoms with van der Waals surface area (Å²) in [5.41, 5.74) is 9.03. The Labute approximate surface area is 119 Å². The lowest BCUT2D eigenvalue weighted by Gasteiger charge is -2.23. The molecule has 1 aromatic carbocycles. The van der Waals surface area contributed by atoms with Crippen LogP contribution in [0.1, 0.15) is 17.0 Å². The van der Waals surface area contributed by atoms with Crippen LogP contribution in [0.15, 0.2) is 36.4 Å². The molecular weight excluding hydrogens is 253 g/mol. The van der Waals surface area contributed by atoms with Crippen LogP contribution < -0.4 is 10.6 Å². The Bertz CT molecular complexity index is 584. The lowest BCUT2D eigenvalue weighted by atomic mass is 10.1. The van der Waals surface area contributed by atoms with E-state index >= 15 is 0 Å².